The average Bonchev–Trinajstić information content (AvgIpc) is 2.63. The highest BCUT2D eigenvalue weighted by Gasteiger charge is 2.08. The minimum Gasteiger partial charge on any atom is -0.468 e. The number of aryl methyl sites for hydroxylation is 1. The van der Waals surface area contributed by atoms with E-state index in [2.05, 4.69) is 24.4 Å². The normalized spacial score (nSPS) is 21.4. The molecular formula is C12H17NO. The number of nitrogens with one attached hydrogen (secondary N) is 1. The lowest BCUT2D eigenvalue weighted by Crippen LogP contribution is -2.27. The Morgan fingerprint density at radius 1 is 1.57 bits per heavy atom. The summed E-state index contributed by atoms with van der Waals surface area (Å²) in [5.74, 6) is 1.06. The first-order chi connectivity index (χ1) is 6.86. The highest BCUT2D eigenvalue weighted by molar-refractivity contribution is 5.14. The van der Waals surface area contributed by atoms with Gasteiger partial charge in [-0.25, -0.2) is 0 Å². The first kappa shape index (κ1) is 9.53. The van der Waals surface area contributed by atoms with Crippen molar-refractivity contribution in [2.45, 2.75) is 38.8 Å². The van der Waals surface area contributed by atoms with Crippen molar-refractivity contribution in [1.29, 1.82) is 0 Å². The molecule has 0 aromatic carbocycles. The topological polar surface area (TPSA) is 25.2 Å². The first-order valence-electron chi connectivity index (χ1n) is 5.29. The highest BCUT2D eigenvalue weighted by atomic mass is 16.3. The standard InChI is InChI=1S/C12H17NO/c1-10-7-8-14-12(10)9-13-11-5-3-2-4-6-11/h3,5,7-8,11,13H,2,4,6,9H2,1H3. The zero-order valence-electron chi connectivity index (χ0n) is 8.62. The molecule has 0 aliphatic heterocycles. The third kappa shape index (κ3) is 2.26. The maximum Gasteiger partial charge on any atom is 0.120 e. The van der Waals surface area contributed by atoms with Crippen molar-refractivity contribution in [3.63, 3.8) is 0 Å². The van der Waals surface area contributed by atoms with Crippen LogP contribution in [0.5, 0.6) is 0 Å². The molecule has 0 saturated carbocycles. The second kappa shape index (κ2) is 4.47. The third-order valence-electron chi connectivity index (χ3n) is 2.75. The molecule has 1 unspecified atom stereocenters. The SMILES string of the molecule is Cc1ccoc1CNC1C=CCCC1. The summed E-state index contributed by atoms with van der Waals surface area (Å²) >= 11 is 0. The quantitative estimate of drug-likeness (QED) is 0.743. The van der Waals surface area contributed by atoms with Crippen molar-refractivity contribution in [3.8, 4) is 0 Å². The molecule has 0 amide bonds. The molecule has 1 aliphatic carbocycles. The minimum atomic E-state index is 0.535. The molecule has 0 radical (unpaired) electrons. The fraction of sp³-hybridized carbons (Fsp3) is 0.500. The van der Waals surface area contributed by atoms with Crippen molar-refractivity contribution >= 4 is 0 Å². The Morgan fingerprint density at radius 3 is 3.14 bits per heavy atom. The van der Waals surface area contributed by atoms with Gasteiger partial charge >= 0.3 is 0 Å². The molecule has 2 heteroatoms. The Morgan fingerprint density at radius 2 is 2.50 bits per heavy atom. The van der Waals surface area contributed by atoms with Gasteiger partial charge in [0, 0.05) is 6.04 Å². The van der Waals surface area contributed by atoms with Crippen LogP contribution in [0.3, 0.4) is 0 Å². The minimum absolute atomic E-state index is 0.535. The van der Waals surface area contributed by atoms with E-state index in [0.29, 0.717) is 6.04 Å². The fourth-order valence-electron chi connectivity index (χ4n) is 1.79. The predicted octanol–water partition coefficient (Wildman–Crippen LogP) is 2.79. The van der Waals surface area contributed by atoms with E-state index in [4.69, 9.17) is 4.42 Å². The average molecular weight is 191 g/mol. The van der Waals surface area contributed by atoms with Crippen LogP contribution in [0.1, 0.15) is 30.6 Å². The number of furan rings is 1. The van der Waals surface area contributed by atoms with Crippen LogP contribution in [0.25, 0.3) is 0 Å². The maximum absolute atomic E-state index is 5.37. The lowest BCUT2D eigenvalue weighted by molar-refractivity contribution is 0.448. The van der Waals surface area contributed by atoms with Crippen LogP contribution < -0.4 is 5.32 Å². The molecule has 1 aromatic heterocycles. The molecule has 0 fully saturated rings. The molecule has 2 nitrogen and oxygen atoms in total. The van der Waals surface area contributed by atoms with E-state index in [1.165, 1.54) is 24.8 Å². The Bertz CT molecular complexity index is 314. The second-order valence-electron chi connectivity index (χ2n) is 3.87. The lowest BCUT2D eigenvalue weighted by atomic mass is 10.0. The first-order valence-corrected chi connectivity index (χ1v) is 5.29. The van der Waals surface area contributed by atoms with Crippen LogP contribution in [0.15, 0.2) is 28.9 Å². The Labute approximate surface area is 85.0 Å². The van der Waals surface area contributed by atoms with Crippen LogP contribution in [0, 0.1) is 6.92 Å². The molecule has 14 heavy (non-hydrogen) atoms. The van der Waals surface area contributed by atoms with Gasteiger partial charge < -0.3 is 9.73 Å². The third-order valence-corrected chi connectivity index (χ3v) is 2.75. The van der Waals surface area contributed by atoms with Crippen molar-refractivity contribution in [1.82, 2.24) is 5.32 Å². The van der Waals surface area contributed by atoms with Gasteiger partial charge in [0.05, 0.1) is 12.8 Å². The Kier molecular flexibility index (Phi) is 3.04. The van der Waals surface area contributed by atoms with Crippen LogP contribution in [0.2, 0.25) is 0 Å². The van der Waals surface area contributed by atoms with Crippen LogP contribution in [-0.2, 0) is 6.54 Å². The Balaban J connectivity index is 1.85. The van der Waals surface area contributed by atoms with E-state index >= 15 is 0 Å². The molecule has 1 aromatic rings. The van der Waals surface area contributed by atoms with E-state index in [9.17, 15) is 0 Å². The zero-order chi connectivity index (χ0) is 9.80. The molecule has 0 bridgehead atoms. The van der Waals surface area contributed by atoms with Gasteiger partial charge in [-0.15, -0.1) is 0 Å². The summed E-state index contributed by atoms with van der Waals surface area (Å²) in [7, 11) is 0. The van der Waals surface area contributed by atoms with Gasteiger partial charge in [-0.05, 0) is 37.8 Å². The highest BCUT2D eigenvalue weighted by Crippen LogP contribution is 2.12. The van der Waals surface area contributed by atoms with Crippen molar-refractivity contribution in [2.75, 3.05) is 0 Å². The smallest absolute Gasteiger partial charge is 0.120 e. The van der Waals surface area contributed by atoms with Gasteiger partial charge in [-0.2, -0.15) is 0 Å². The van der Waals surface area contributed by atoms with Crippen molar-refractivity contribution in [3.05, 3.63) is 35.8 Å². The van der Waals surface area contributed by atoms with Gasteiger partial charge in [-0.1, -0.05) is 12.2 Å². The van der Waals surface area contributed by atoms with E-state index in [1.54, 1.807) is 6.26 Å². The molecule has 0 spiro atoms. The van der Waals surface area contributed by atoms with E-state index in [1.807, 2.05) is 6.07 Å². The van der Waals surface area contributed by atoms with Gasteiger partial charge in [0.2, 0.25) is 0 Å². The monoisotopic (exact) mass is 191 g/mol. The number of rotatable bonds is 3. The lowest BCUT2D eigenvalue weighted by Gasteiger charge is -2.17. The van der Waals surface area contributed by atoms with Crippen molar-refractivity contribution < 1.29 is 4.42 Å². The second-order valence-corrected chi connectivity index (χ2v) is 3.87. The summed E-state index contributed by atoms with van der Waals surface area (Å²) in [6.45, 7) is 2.92. The summed E-state index contributed by atoms with van der Waals surface area (Å²) in [5, 5.41) is 3.48. The molecule has 1 aliphatic rings. The summed E-state index contributed by atoms with van der Waals surface area (Å²) in [4.78, 5) is 0. The summed E-state index contributed by atoms with van der Waals surface area (Å²) in [5.41, 5.74) is 1.23. The summed E-state index contributed by atoms with van der Waals surface area (Å²) in [6, 6.07) is 2.54. The number of hydrogen-bond donors (Lipinski definition) is 1. The summed E-state index contributed by atoms with van der Waals surface area (Å²) < 4.78 is 5.37. The number of allylic oxidation sites excluding steroid dienone is 1. The van der Waals surface area contributed by atoms with E-state index in [-0.39, 0.29) is 0 Å². The predicted molar refractivity (Wildman–Crippen MR) is 57.1 cm³/mol. The van der Waals surface area contributed by atoms with E-state index in [0.717, 1.165) is 12.3 Å². The Hall–Kier alpha value is -1.02. The molecule has 1 atom stereocenters. The number of hydrogen-bond acceptors (Lipinski definition) is 2. The molecule has 1 N–H and O–H groups in total. The largest absolute Gasteiger partial charge is 0.468 e. The summed E-state index contributed by atoms with van der Waals surface area (Å²) in [6.07, 6.45) is 10.1. The zero-order valence-corrected chi connectivity index (χ0v) is 8.62. The molecule has 2 rings (SSSR count). The van der Waals surface area contributed by atoms with Crippen LogP contribution in [0.4, 0.5) is 0 Å². The molecule has 0 saturated heterocycles. The molecule has 76 valence electrons. The van der Waals surface area contributed by atoms with Crippen LogP contribution in [-0.4, -0.2) is 6.04 Å². The molecular weight excluding hydrogens is 174 g/mol. The maximum atomic E-state index is 5.37. The van der Waals surface area contributed by atoms with Gasteiger partial charge in [0.15, 0.2) is 0 Å². The van der Waals surface area contributed by atoms with Gasteiger partial charge in [-0.3, -0.25) is 0 Å². The van der Waals surface area contributed by atoms with Gasteiger partial charge in [0.25, 0.3) is 0 Å². The molecule has 1 heterocycles. The van der Waals surface area contributed by atoms with Crippen LogP contribution >= 0.6 is 0 Å². The van der Waals surface area contributed by atoms with Gasteiger partial charge in [0.1, 0.15) is 5.76 Å². The fourth-order valence-corrected chi connectivity index (χ4v) is 1.79. The van der Waals surface area contributed by atoms with E-state index < -0.39 is 0 Å². The van der Waals surface area contributed by atoms with Crippen molar-refractivity contribution in [2.24, 2.45) is 0 Å².